The van der Waals surface area contributed by atoms with Crippen LogP contribution in [0.1, 0.15) is 28.2 Å². The molecule has 2 aromatic heterocycles. The maximum Gasteiger partial charge on any atom is 0.147 e. The summed E-state index contributed by atoms with van der Waals surface area (Å²) in [6.07, 6.45) is 4.05. The molecular formula is C27H25N3O2. The Hall–Kier alpha value is -3.99. The molecule has 5 heteroatoms. The molecule has 2 N–H and O–H groups in total. The number of aliphatic imine (C=N–C) groups is 1. The number of hydrogen-bond donors (Lipinski definition) is 2. The predicted molar refractivity (Wildman–Crippen MR) is 129 cm³/mol. The van der Waals surface area contributed by atoms with E-state index in [4.69, 9.17) is 14.5 Å². The number of para-hydroxylation sites is 1. The molecule has 1 aliphatic rings. The third-order valence-corrected chi connectivity index (χ3v) is 5.57. The number of aromatic amines is 2. The van der Waals surface area contributed by atoms with Crippen LogP contribution in [0.15, 0.2) is 83.2 Å². The van der Waals surface area contributed by atoms with Gasteiger partial charge in [-0.3, -0.25) is 0 Å². The second-order valence-corrected chi connectivity index (χ2v) is 7.99. The van der Waals surface area contributed by atoms with Crippen molar-refractivity contribution in [3.63, 3.8) is 0 Å². The van der Waals surface area contributed by atoms with Gasteiger partial charge in [-0.25, -0.2) is 4.99 Å². The second kappa shape index (κ2) is 8.27. The molecular weight excluding hydrogens is 398 g/mol. The normalized spacial score (nSPS) is 14.7. The molecule has 0 amide bonds. The van der Waals surface area contributed by atoms with Crippen molar-refractivity contribution in [2.45, 2.75) is 20.5 Å². The number of allylic oxidation sites excluding steroid dienone is 1. The van der Waals surface area contributed by atoms with Gasteiger partial charge in [0, 0.05) is 28.4 Å². The molecule has 0 fully saturated rings. The van der Waals surface area contributed by atoms with Crippen LogP contribution in [0.3, 0.4) is 0 Å². The third-order valence-electron chi connectivity index (χ3n) is 5.57. The van der Waals surface area contributed by atoms with Crippen LogP contribution in [0.4, 0.5) is 0 Å². The molecule has 5 rings (SSSR count). The highest BCUT2D eigenvalue weighted by molar-refractivity contribution is 6.13. The van der Waals surface area contributed by atoms with Gasteiger partial charge in [-0.15, -0.1) is 0 Å². The predicted octanol–water partition coefficient (Wildman–Crippen LogP) is 6.07. The van der Waals surface area contributed by atoms with Gasteiger partial charge in [-0.05, 0) is 61.4 Å². The summed E-state index contributed by atoms with van der Waals surface area (Å²) in [5.41, 5.74) is 8.08. The Morgan fingerprint density at radius 1 is 0.969 bits per heavy atom. The van der Waals surface area contributed by atoms with Crippen molar-refractivity contribution in [1.82, 2.24) is 9.97 Å². The molecule has 0 saturated heterocycles. The Labute approximate surface area is 187 Å². The van der Waals surface area contributed by atoms with E-state index in [0.29, 0.717) is 6.61 Å². The minimum Gasteiger partial charge on any atom is -0.497 e. The maximum atomic E-state index is 6.24. The molecule has 2 aromatic carbocycles. The SMILES string of the molecule is COc1cccc(COC2=CC(c3cc4ccccc4[nH]3)=N/C2=C\c2[nH]c(C)cc2C)c1. The van der Waals surface area contributed by atoms with E-state index < -0.39 is 0 Å². The Kier molecular flexibility index (Phi) is 5.15. The molecule has 4 aromatic rings. The van der Waals surface area contributed by atoms with Crippen molar-refractivity contribution in [1.29, 1.82) is 0 Å². The second-order valence-electron chi connectivity index (χ2n) is 7.99. The zero-order valence-corrected chi connectivity index (χ0v) is 18.4. The van der Waals surface area contributed by atoms with Crippen LogP contribution in [-0.2, 0) is 11.3 Å². The zero-order valence-electron chi connectivity index (χ0n) is 18.4. The van der Waals surface area contributed by atoms with Crippen LogP contribution in [0.5, 0.6) is 5.75 Å². The maximum absolute atomic E-state index is 6.24. The summed E-state index contributed by atoms with van der Waals surface area (Å²) < 4.78 is 11.6. The first-order valence-corrected chi connectivity index (χ1v) is 10.6. The number of nitrogens with zero attached hydrogens (tertiary/aromatic N) is 1. The first-order chi connectivity index (χ1) is 15.6. The number of H-pyrrole nitrogens is 2. The summed E-state index contributed by atoms with van der Waals surface area (Å²) in [5, 5.41) is 1.16. The number of nitrogens with one attached hydrogen (secondary N) is 2. The fourth-order valence-electron chi connectivity index (χ4n) is 3.94. The highest BCUT2D eigenvalue weighted by atomic mass is 16.5. The van der Waals surface area contributed by atoms with Gasteiger partial charge in [0.25, 0.3) is 0 Å². The van der Waals surface area contributed by atoms with Crippen LogP contribution >= 0.6 is 0 Å². The number of rotatable bonds is 6. The Bertz CT molecular complexity index is 1350. The van der Waals surface area contributed by atoms with Gasteiger partial charge in [0.15, 0.2) is 0 Å². The molecule has 32 heavy (non-hydrogen) atoms. The van der Waals surface area contributed by atoms with Crippen LogP contribution in [0.2, 0.25) is 0 Å². The number of hydrogen-bond acceptors (Lipinski definition) is 3. The summed E-state index contributed by atoms with van der Waals surface area (Å²) in [6.45, 7) is 4.57. The standard InChI is InChI=1S/C27H25N3O2/c1-17-11-18(2)28-23(17)14-26-27(32-16-19-7-6-9-21(12-19)31-3)15-25(30-26)24-13-20-8-4-5-10-22(20)29-24/h4-15,28-29H,16H2,1-3H3/b26-14-. The fourth-order valence-corrected chi connectivity index (χ4v) is 3.94. The van der Waals surface area contributed by atoms with Gasteiger partial charge >= 0.3 is 0 Å². The highest BCUT2D eigenvalue weighted by Crippen LogP contribution is 2.28. The lowest BCUT2D eigenvalue weighted by Crippen LogP contribution is -1.96. The largest absolute Gasteiger partial charge is 0.497 e. The third kappa shape index (κ3) is 3.97. The molecule has 0 spiro atoms. The van der Waals surface area contributed by atoms with Crippen molar-refractivity contribution >= 4 is 22.7 Å². The average Bonchev–Trinajstić information content (AvgIpc) is 3.49. The summed E-state index contributed by atoms with van der Waals surface area (Å²) in [7, 11) is 1.67. The number of ether oxygens (including phenoxy) is 2. The van der Waals surface area contributed by atoms with Crippen molar-refractivity contribution in [3.8, 4) is 5.75 Å². The quantitative estimate of drug-likeness (QED) is 0.396. The first kappa shape index (κ1) is 19.9. The number of aryl methyl sites for hydroxylation is 2. The van der Waals surface area contributed by atoms with Gasteiger partial charge in [-0.1, -0.05) is 30.3 Å². The zero-order chi connectivity index (χ0) is 22.1. The van der Waals surface area contributed by atoms with Crippen molar-refractivity contribution < 1.29 is 9.47 Å². The Morgan fingerprint density at radius 3 is 2.62 bits per heavy atom. The fraction of sp³-hybridized carbons (Fsp3) is 0.148. The molecule has 0 aliphatic carbocycles. The van der Waals surface area contributed by atoms with Gasteiger partial charge < -0.3 is 19.4 Å². The summed E-state index contributed by atoms with van der Waals surface area (Å²) in [5.74, 6) is 1.56. The number of aromatic nitrogens is 2. The van der Waals surface area contributed by atoms with E-state index in [1.807, 2.05) is 42.5 Å². The Morgan fingerprint density at radius 2 is 1.84 bits per heavy atom. The van der Waals surface area contributed by atoms with Crippen LogP contribution in [0.25, 0.3) is 17.0 Å². The minimum absolute atomic E-state index is 0.429. The van der Waals surface area contributed by atoms with Gasteiger partial charge in [-0.2, -0.15) is 0 Å². The molecule has 0 radical (unpaired) electrons. The molecule has 0 bridgehead atoms. The number of fused-ring (bicyclic) bond motifs is 1. The topological polar surface area (TPSA) is 62.4 Å². The summed E-state index contributed by atoms with van der Waals surface area (Å²) in [4.78, 5) is 11.8. The molecule has 0 unspecified atom stereocenters. The molecule has 0 saturated carbocycles. The van der Waals surface area contributed by atoms with Gasteiger partial charge in [0.05, 0.1) is 18.5 Å². The van der Waals surface area contributed by atoms with E-state index >= 15 is 0 Å². The van der Waals surface area contributed by atoms with Crippen LogP contribution in [0, 0.1) is 13.8 Å². The first-order valence-electron chi connectivity index (χ1n) is 10.6. The van der Waals surface area contributed by atoms with E-state index in [1.54, 1.807) is 7.11 Å². The van der Waals surface area contributed by atoms with E-state index in [0.717, 1.165) is 56.5 Å². The van der Waals surface area contributed by atoms with E-state index in [9.17, 15) is 0 Å². The smallest absolute Gasteiger partial charge is 0.147 e. The average molecular weight is 424 g/mol. The van der Waals surface area contributed by atoms with Crippen molar-refractivity contribution in [3.05, 3.63) is 106 Å². The summed E-state index contributed by atoms with van der Waals surface area (Å²) in [6, 6.07) is 20.4. The van der Waals surface area contributed by atoms with Crippen molar-refractivity contribution in [2.24, 2.45) is 4.99 Å². The molecule has 5 nitrogen and oxygen atoms in total. The number of methoxy groups -OCH3 is 1. The molecule has 0 atom stereocenters. The number of benzene rings is 2. The molecule has 160 valence electrons. The van der Waals surface area contributed by atoms with E-state index in [1.165, 1.54) is 5.56 Å². The van der Waals surface area contributed by atoms with Crippen LogP contribution in [-0.4, -0.2) is 22.8 Å². The summed E-state index contributed by atoms with van der Waals surface area (Å²) >= 11 is 0. The van der Waals surface area contributed by atoms with Crippen LogP contribution < -0.4 is 4.74 Å². The Balaban J connectivity index is 1.49. The lowest BCUT2D eigenvalue weighted by atomic mass is 10.2. The lowest BCUT2D eigenvalue weighted by Gasteiger charge is -2.09. The molecule has 1 aliphatic heterocycles. The lowest BCUT2D eigenvalue weighted by molar-refractivity contribution is 0.208. The van der Waals surface area contributed by atoms with E-state index in [-0.39, 0.29) is 0 Å². The minimum atomic E-state index is 0.429. The molecule has 3 heterocycles. The van der Waals surface area contributed by atoms with Crippen molar-refractivity contribution in [2.75, 3.05) is 7.11 Å². The monoisotopic (exact) mass is 423 g/mol. The van der Waals surface area contributed by atoms with E-state index in [2.05, 4.69) is 54.2 Å². The van der Waals surface area contributed by atoms with Gasteiger partial charge in [0.1, 0.15) is 23.8 Å². The van der Waals surface area contributed by atoms with Gasteiger partial charge in [0.2, 0.25) is 0 Å². The highest BCUT2D eigenvalue weighted by Gasteiger charge is 2.19.